The van der Waals surface area contributed by atoms with Crippen molar-refractivity contribution in [1.82, 2.24) is 4.48 Å². The second-order valence-electron chi connectivity index (χ2n) is 18.1. The molecule has 18 heteroatoms. The zero-order chi connectivity index (χ0) is 49.0. The van der Waals surface area contributed by atoms with Crippen molar-refractivity contribution >= 4 is 24.2 Å². The number of rotatable bonds is 12. The number of nitrogens with zero attached hydrogens (tertiary/aromatic N) is 2. The van der Waals surface area contributed by atoms with Gasteiger partial charge in [0.05, 0.1) is 17.8 Å². The molecule has 0 atom stereocenters. The average Bonchev–Trinajstić information content (AvgIpc) is 3.78. The number of hydrogen-bond acceptors (Lipinski definition) is 3. The lowest BCUT2D eigenvalue weighted by molar-refractivity contribution is -0.295. The maximum absolute atomic E-state index is 15.3. The average molecular weight is 939 g/mol. The van der Waals surface area contributed by atoms with Gasteiger partial charge in [-0.25, -0.2) is 4.99 Å². The van der Waals surface area contributed by atoms with Crippen LogP contribution in [0.1, 0.15) is 87.0 Å². The van der Waals surface area contributed by atoms with Crippen LogP contribution in [-0.4, -0.2) is 61.0 Å². The molecule has 66 heavy (non-hydrogen) atoms. The molecule has 4 nitrogen and oxygen atoms in total. The molecule has 2 heterocycles. The van der Waals surface area contributed by atoms with Gasteiger partial charge >= 0.3 is 37.6 Å². The van der Waals surface area contributed by atoms with E-state index in [-0.39, 0.29) is 39.4 Å². The van der Waals surface area contributed by atoms with E-state index in [0.29, 0.717) is 21.2 Å². The standard InChI is InChI=1S/C48H44BF13N2O2/c1-28-12-14-31(15-13-28)39-34-10-8-9-11-35(34)40(63-39)37(25-46(54,55)56)41-36(29-16-20-32(21-17-29)42(2,3)4)24-38(30-18-22-33(23-19-30)43(5,6)7)64(41)49(65-26-44(50,51)47(57,58)59)66-27-45(52,53)48(60,61)62/h8-24H,25-27H2,1-7H3/b40-37-. The fraction of sp³-hybridized carbons (Fsp3) is 0.354. The largest absolute Gasteiger partial charge is 0.598 e. The number of alkyl halides is 13. The minimum Gasteiger partial charge on any atom is -0.385 e. The zero-order valence-corrected chi connectivity index (χ0v) is 36.6. The van der Waals surface area contributed by atoms with Crippen LogP contribution in [0.4, 0.5) is 57.1 Å². The summed E-state index contributed by atoms with van der Waals surface area (Å²) in [6, 6.07) is 26.4. The SMILES string of the molecule is Cc1ccc(C2=N/C(=C(/CC(F)(F)F)c3c(-c4ccc(C(C)(C)C)cc4)cc(-c4ccc(C(C)(C)C)cc4)n3B(OCC(F)(F)C(F)(F)F)OCC(F)(F)C(F)(F)F)c3ccccc32)cc1. The monoisotopic (exact) mass is 938 g/mol. The van der Waals surface area contributed by atoms with Crippen molar-refractivity contribution in [3.8, 4) is 22.4 Å². The molecule has 1 aromatic heterocycles. The van der Waals surface area contributed by atoms with Crippen molar-refractivity contribution in [1.29, 1.82) is 0 Å². The highest BCUT2D eigenvalue weighted by Gasteiger charge is 2.60. The topological polar surface area (TPSA) is 35.8 Å². The molecule has 0 saturated carbocycles. The molecule has 0 N–H and O–H groups in total. The molecular weight excluding hydrogens is 894 g/mol. The van der Waals surface area contributed by atoms with Gasteiger partial charge < -0.3 is 13.8 Å². The molecule has 1 aliphatic heterocycles. The lowest BCUT2D eigenvalue weighted by Gasteiger charge is -2.28. The molecule has 0 spiro atoms. The van der Waals surface area contributed by atoms with E-state index in [2.05, 4.69) is 0 Å². The van der Waals surface area contributed by atoms with E-state index in [1.165, 1.54) is 42.5 Å². The summed E-state index contributed by atoms with van der Waals surface area (Å²) < 4.78 is 197. The van der Waals surface area contributed by atoms with Gasteiger partial charge in [-0.1, -0.05) is 144 Å². The molecule has 5 aromatic rings. The van der Waals surface area contributed by atoms with Gasteiger partial charge in [-0.2, -0.15) is 57.1 Å². The summed E-state index contributed by atoms with van der Waals surface area (Å²) in [6.07, 6.45) is -19.7. The fourth-order valence-corrected chi connectivity index (χ4v) is 7.27. The lowest BCUT2D eigenvalue weighted by Crippen LogP contribution is -2.48. The Morgan fingerprint density at radius 1 is 0.545 bits per heavy atom. The minimum atomic E-state index is -6.34. The number of halogens is 13. The molecule has 352 valence electrons. The third-order valence-electron chi connectivity index (χ3n) is 10.9. The Kier molecular flexibility index (Phi) is 13.4. The van der Waals surface area contributed by atoms with Gasteiger partial charge in [0, 0.05) is 39.2 Å². The van der Waals surface area contributed by atoms with Gasteiger partial charge in [0.2, 0.25) is 0 Å². The van der Waals surface area contributed by atoms with Gasteiger partial charge in [-0.3, -0.25) is 0 Å². The van der Waals surface area contributed by atoms with Crippen molar-refractivity contribution in [3.63, 3.8) is 0 Å². The molecule has 0 aliphatic carbocycles. The lowest BCUT2D eigenvalue weighted by atomic mass is 9.86. The Hall–Kier alpha value is -5.36. The van der Waals surface area contributed by atoms with Crippen molar-refractivity contribution in [2.24, 2.45) is 4.99 Å². The van der Waals surface area contributed by atoms with Crippen LogP contribution in [0.25, 0.3) is 33.7 Å². The molecule has 6 rings (SSSR count). The normalized spacial score (nSPS) is 14.9. The highest BCUT2D eigenvalue weighted by Crippen LogP contribution is 2.48. The summed E-state index contributed by atoms with van der Waals surface area (Å²) in [4.78, 5) is 4.72. The molecule has 0 fully saturated rings. The highest BCUT2D eigenvalue weighted by atomic mass is 19.4. The molecule has 4 aromatic carbocycles. The van der Waals surface area contributed by atoms with E-state index >= 15 is 13.2 Å². The smallest absolute Gasteiger partial charge is 0.385 e. The maximum Gasteiger partial charge on any atom is 0.598 e. The van der Waals surface area contributed by atoms with Gasteiger partial charge in [-0.15, -0.1) is 0 Å². The quantitative estimate of drug-likeness (QED) is 0.0923. The number of allylic oxidation sites excluding steroid dienone is 1. The van der Waals surface area contributed by atoms with E-state index in [4.69, 9.17) is 14.3 Å². The molecular formula is C48H44BF13N2O2. The van der Waals surface area contributed by atoms with Crippen molar-refractivity contribution in [2.45, 2.75) is 96.1 Å². The predicted octanol–water partition coefficient (Wildman–Crippen LogP) is 14.7. The van der Waals surface area contributed by atoms with Gasteiger partial charge in [0.25, 0.3) is 0 Å². The molecule has 0 saturated heterocycles. The van der Waals surface area contributed by atoms with Crippen LogP contribution in [-0.2, 0) is 20.1 Å². The Labute approximate surface area is 373 Å². The molecule has 0 amide bonds. The molecule has 0 radical (unpaired) electrons. The Balaban J connectivity index is 1.80. The summed E-state index contributed by atoms with van der Waals surface area (Å²) >= 11 is 0. The second kappa shape index (κ2) is 17.7. The number of benzene rings is 4. The Bertz CT molecular complexity index is 2560. The van der Waals surface area contributed by atoms with Crippen molar-refractivity contribution in [2.75, 3.05) is 13.2 Å². The van der Waals surface area contributed by atoms with Gasteiger partial charge in [-0.05, 0) is 46.1 Å². The van der Waals surface area contributed by atoms with Crippen LogP contribution in [0, 0.1) is 6.92 Å². The predicted molar refractivity (Wildman–Crippen MR) is 229 cm³/mol. The van der Waals surface area contributed by atoms with E-state index in [9.17, 15) is 43.9 Å². The van der Waals surface area contributed by atoms with E-state index in [0.717, 1.165) is 11.1 Å². The van der Waals surface area contributed by atoms with E-state index < -0.39 is 79.4 Å². The van der Waals surface area contributed by atoms with Crippen molar-refractivity contribution in [3.05, 3.63) is 142 Å². The summed E-state index contributed by atoms with van der Waals surface area (Å²) in [5.41, 5.74) is 0.125. The number of fused-ring (bicyclic) bond motifs is 1. The van der Waals surface area contributed by atoms with E-state index in [1.807, 2.05) is 41.5 Å². The third kappa shape index (κ3) is 10.7. The van der Waals surface area contributed by atoms with Crippen LogP contribution >= 0.6 is 0 Å². The van der Waals surface area contributed by atoms with Gasteiger partial charge in [0.1, 0.15) is 13.2 Å². The number of aryl methyl sites for hydroxylation is 1. The summed E-state index contributed by atoms with van der Waals surface area (Å²) in [6.45, 7) is 7.56. The summed E-state index contributed by atoms with van der Waals surface area (Å²) in [5.74, 6) is -11.5. The van der Waals surface area contributed by atoms with Crippen LogP contribution in [0.3, 0.4) is 0 Å². The number of aromatic nitrogens is 1. The molecule has 0 bridgehead atoms. The summed E-state index contributed by atoms with van der Waals surface area (Å²) in [7, 11) is -3.10. The van der Waals surface area contributed by atoms with Gasteiger partial charge in [0.15, 0.2) is 0 Å². The van der Waals surface area contributed by atoms with Crippen LogP contribution < -0.4 is 0 Å². The van der Waals surface area contributed by atoms with Crippen LogP contribution in [0.5, 0.6) is 0 Å². The minimum absolute atomic E-state index is 0.0104. The van der Waals surface area contributed by atoms with Crippen LogP contribution in [0.2, 0.25) is 0 Å². The Morgan fingerprint density at radius 3 is 1.42 bits per heavy atom. The van der Waals surface area contributed by atoms with Crippen LogP contribution in [0.15, 0.2) is 108 Å². The summed E-state index contributed by atoms with van der Waals surface area (Å²) in [5, 5.41) is 0. The highest BCUT2D eigenvalue weighted by molar-refractivity contribution is 6.44. The Morgan fingerprint density at radius 2 is 0.985 bits per heavy atom. The number of aliphatic imine (C=N–C) groups is 1. The molecule has 0 unspecified atom stereocenters. The second-order valence-corrected chi connectivity index (χ2v) is 18.1. The van der Waals surface area contributed by atoms with E-state index in [1.54, 1.807) is 67.6 Å². The fourth-order valence-electron chi connectivity index (χ4n) is 7.27. The zero-order valence-electron chi connectivity index (χ0n) is 36.6. The maximum atomic E-state index is 15.3. The van der Waals surface area contributed by atoms with Crippen molar-refractivity contribution < 1.29 is 66.4 Å². The first-order chi connectivity index (χ1) is 30.3. The molecule has 1 aliphatic rings. The first-order valence-electron chi connectivity index (χ1n) is 20.4. The first-order valence-corrected chi connectivity index (χ1v) is 20.4. The first kappa shape index (κ1) is 50.1. The number of hydrogen-bond donors (Lipinski definition) is 0. The third-order valence-corrected chi connectivity index (χ3v) is 10.9.